The molecule has 3 nitrogen and oxygen atoms in total. The zero-order valence-electron chi connectivity index (χ0n) is 9.11. The highest BCUT2D eigenvalue weighted by atomic mass is 35.5. The predicted octanol–water partition coefficient (Wildman–Crippen LogP) is 3.31. The van der Waals surface area contributed by atoms with Crippen LogP contribution in [0.5, 0.6) is 0 Å². The Hall–Kier alpha value is -1.32. The van der Waals surface area contributed by atoms with Gasteiger partial charge in [-0.1, -0.05) is 17.7 Å². The molecule has 17 heavy (non-hydrogen) atoms. The van der Waals surface area contributed by atoms with Crippen LogP contribution in [-0.2, 0) is 4.74 Å². The molecule has 4 heteroatoms. The number of ketones is 1. The molecule has 1 aliphatic rings. The molecule has 1 fully saturated rings. The average Bonchev–Trinajstić information content (AvgIpc) is 2.98. The van der Waals surface area contributed by atoms with E-state index in [0.717, 1.165) is 11.8 Å². The van der Waals surface area contributed by atoms with E-state index in [1.807, 2.05) is 6.07 Å². The van der Waals surface area contributed by atoms with Gasteiger partial charge >= 0.3 is 0 Å². The Balaban J connectivity index is 2.00. The van der Waals surface area contributed by atoms with Crippen molar-refractivity contribution in [3.05, 3.63) is 35.0 Å². The van der Waals surface area contributed by atoms with Crippen LogP contribution in [0.2, 0.25) is 5.02 Å². The predicted molar refractivity (Wildman–Crippen MR) is 64.5 cm³/mol. The number of ether oxygens (including phenoxy) is 1. The molecule has 1 aromatic heterocycles. The Labute approximate surface area is 103 Å². The van der Waals surface area contributed by atoms with E-state index < -0.39 is 0 Å². The summed E-state index contributed by atoms with van der Waals surface area (Å²) < 4.78 is 10.7. The highest BCUT2D eigenvalue weighted by molar-refractivity contribution is 6.35. The Morgan fingerprint density at radius 1 is 1.41 bits per heavy atom. The van der Waals surface area contributed by atoms with Gasteiger partial charge in [0.15, 0.2) is 5.76 Å². The van der Waals surface area contributed by atoms with Crippen LogP contribution in [0.3, 0.4) is 0 Å². The minimum Gasteiger partial charge on any atom is -0.453 e. The number of benzene rings is 1. The number of halogens is 1. The van der Waals surface area contributed by atoms with Crippen LogP contribution in [0.4, 0.5) is 0 Å². The summed E-state index contributed by atoms with van der Waals surface area (Å²) in [6.07, 6.45) is 0.767. The maximum atomic E-state index is 12.1. The molecule has 1 atom stereocenters. The number of furan rings is 1. The van der Waals surface area contributed by atoms with Gasteiger partial charge in [0.1, 0.15) is 5.58 Å². The van der Waals surface area contributed by atoms with Crippen molar-refractivity contribution >= 4 is 28.4 Å². The van der Waals surface area contributed by atoms with Crippen molar-refractivity contribution in [2.75, 3.05) is 13.2 Å². The zero-order chi connectivity index (χ0) is 11.8. The third-order valence-electron chi connectivity index (χ3n) is 3.05. The van der Waals surface area contributed by atoms with E-state index in [0.29, 0.717) is 29.6 Å². The van der Waals surface area contributed by atoms with Crippen molar-refractivity contribution in [3.63, 3.8) is 0 Å². The van der Waals surface area contributed by atoms with Gasteiger partial charge in [-0.2, -0.15) is 0 Å². The molecule has 1 aliphatic heterocycles. The van der Waals surface area contributed by atoms with Crippen molar-refractivity contribution in [3.8, 4) is 0 Å². The summed E-state index contributed by atoms with van der Waals surface area (Å²) in [4.78, 5) is 12.1. The number of carbonyl (C=O) groups is 1. The minimum absolute atomic E-state index is 0.00904. The molecule has 0 saturated carbocycles. The van der Waals surface area contributed by atoms with Gasteiger partial charge in [0.05, 0.1) is 17.5 Å². The molecule has 0 amide bonds. The normalized spacial score (nSPS) is 19.9. The van der Waals surface area contributed by atoms with E-state index in [2.05, 4.69) is 0 Å². The molecule has 2 aromatic rings. The van der Waals surface area contributed by atoms with Crippen LogP contribution in [0.15, 0.2) is 28.7 Å². The first-order chi connectivity index (χ1) is 8.25. The van der Waals surface area contributed by atoms with Crippen molar-refractivity contribution in [1.82, 2.24) is 0 Å². The summed E-state index contributed by atoms with van der Waals surface area (Å²) in [5.41, 5.74) is 0.653. The number of carbonyl (C=O) groups excluding carboxylic acids is 1. The van der Waals surface area contributed by atoms with Gasteiger partial charge in [0.25, 0.3) is 0 Å². The fraction of sp³-hybridized carbons (Fsp3) is 0.308. The van der Waals surface area contributed by atoms with Crippen molar-refractivity contribution in [1.29, 1.82) is 0 Å². The van der Waals surface area contributed by atoms with Gasteiger partial charge in [-0.25, -0.2) is 0 Å². The first-order valence-corrected chi connectivity index (χ1v) is 5.93. The van der Waals surface area contributed by atoms with Gasteiger partial charge in [0, 0.05) is 12.0 Å². The number of hydrogen-bond acceptors (Lipinski definition) is 3. The van der Waals surface area contributed by atoms with E-state index in [4.69, 9.17) is 20.8 Å². The van der Waals surface area contributed by atoms with Crippen molar-refractivity contribution in [2.24, 2.45) is 5.92 Å². The molecule has 0 aliphatic carbocycles. The zero-order valence-corrected chi connectivity index (χ0v) is 9.87. The highest BCUT2D eigenvalue weighted by Gasteiger charge is 2.27. The maximum absolute atomic E-state index is 12.1. The summed E-state index contributed by atoms with van der Waals surface area (Å²) >= 11 is 6.04. The summed E-state index contributed by atoms with van der Waals surface area (Å²) in [5, 5.41) is 1.39. The van der Waals surface area contributed by atoms with E-state index in [-0.39, 0.29) is 11.7 Å². The molecular formula is C13H11ClO3. The van der Waals surface area contributed by atoms with Crippen molar-refractivity contribution < 1.29 is 13.9 Å². The second-order valence-corrected chi connectivity index (χ2v) is 4.59. The van der Waals surface area contributed by atoms with Crippen LogP contribution in [-0.4, -0.2) is 19.0 Å². The first kappa shape index (κ1) is 10.8. The van der Waals surface area contributed by atoms with Gasteiger partial charge in [-0.3, -0.25) is 4.79 Å². The lowest BCUT2D eigenvalue weighted by molar-refractivity contribution is 0.0874. The van der Waals surface area contributed by atoms with Gasteiger partial charge < -0.3 is 9.15 Å². The molecule has 0 N–H and O–H groups in total. The van der Waals surface area contributed by atoms with Gasteiger partial charge in [-0.15, -0.1) is 0 Å². The Kier molecular flexibility index (Phi) is 2.65. The lowest BCUT2D eigenvalue weighted by Gasteiger charge is -2.01. The molecule has 1 saturated heterocycles. The number of rotatable bonds is 2. The number of Topliss-reactive ketones (excluding diaryl/α,β-unsaturated/α-hetero) is 1. The van der Waals surface area contributed by atoms with Crippen LogP contribution < -0.4 is 0 Å². The molecule has 88 valence electrons. The molecular weight excluding hydrogens is 240 g/mol. The van der Waals surface area contributed by atoms with E-state index in [1.165, 1.54) is 0 Å². The summed E-state index contributed by atoms with van der Waals surface area (Å²) in [6, 6.07) is 7.12. The first-order valence-electron chi connectivity index (χ1n) is 5.56. The Bertz CT molecular complexity index is 567. The Morgan fingerprint density at radius 2 is 2.29 bits per heavy atom. The van der Waals surface area contributed by atoms with Gasteiger partial charge in [0.2, 0.25) is 5.78 Å². The van der Waals surface area contributed by atoms with Crippen molar-refractivity contribution in [2.45, 2.75) is 6.42 Å². The molecule has 0 spiro atoms. The quantitative estimate of drug-likeness (QED) is 0.768. The maximum Gasteiger partial charge on any atom is 0.203 e. The standard InChI is InChI=1S/C13H11ClO3/c14-10-2-1-3-11-9(10)6-12(17-11)13(15)8-4-5-16-7-8/h1-3,6,8H,4-5,7H2. The summed E-state index contributed by atoms with van der Waals surface area (Å²) in [6.45, 7) is 1.14. The molecule has 3 rings (SSSR count). The van der Waals surface area contributed by atoms with E-state index in [9.17, 15) is 4.79 Å². The largest absolute Gasteiger partial charge is 0.453 e. The lowest BCUT2D eigenvalue weighted by atomic mass is 10.0. The molecule has 0 radical (unpaired) electrons. The lowest BCUT2D eigenvalue weighted by Crippen LogP contribution is -2.13. The fourth-order valence-electron chi connectivity index (χ4n) is 2.09. The molecule has 1 aromatic carbocycles. The third-order valence-corrected chi connectivity index (χ3v) is 3.38. The highest BCUT2D eigenvalue weighted by Crippen LogP contribution is 2.28. The fourth-order valence-corrected chi connectivity index (χ4v) is 2.31. The second-order valence-electron chi connectivity index (χ2n) is 4.19. The second kappa shape index (κ2) is 4.17. The van der Waals surface area contributed by atoms with E-state index >= 15 is 0 Å². The molecule has 0 bridgehead atoms. The topological polar surface area (TPSA) is 39.4 Å². The number of fused-ring (bicyclic) bond motifs is 1. The smallest absolute Gasteiger partial charge is 0.203 e. The number of hydrogen-bond donors (Lipinski definition) is 0. The van der Waals surface area contributed by atoms with Crippen LogP contribution in [0.1, 0.15) is 17.0 Å². The molecule has 2 heterocycles. The average molecular weight is 251 g/mol. The van der Waals surface area contributed by atoms with Crippen LogP contribution in [0.25, 0.3) is 11.0 Å². The molecule has 1 unspecified atom stereocenters. The summed E-state index contributed by atoms with van der Waals surface area (Å²) in [7, 11) is 0. The summed E-state index contributed by atoms with van der Waals surface area (Å²) in [5.74, 6) is 0.313. The SMILES string of the molecule is O=C(c1cc2c(Cl)cccc2o1)C1CCOC1. The van der Waals surface area contributed by atoms with E-state index in [1.54, 1.807) is 18.2 Å². The Morgan fingerprint density at radius 3 is 3.00 bits per heavy atom. The van der Waals surface area contributed by atoms with Gasteiger partial charge in [-0.05, 0) is 24.6 Å². The third kappa shape index (κ3) is 1.85. The van der Waals surface area contributed by atoms with Crippen LogP contribution in [0, 0.1) is 5.92 Å². The minimum atomic E-state index is -0.0747. The van der Waals surface area contributed by atoms with Crippen LogP contribution >= 0.6 is 11.6 Å². The monoisotopic (exact) mass is 250 g/mol.